The van der Waals surface area contributed by atoms with Gasteiger partial charge < -0.3 is 15.4 Å². The van der Waals surface area contributed by atoms with Crippen molar-refractivity contribution in [2.24, 2.45) is 0 Å². The molecule has 0 bridgehead atoms. The second-order valence-electron chi connectivity index (χ2n) is 8.65. The Kier molecular flexibility index (Phi) is 6.06. The van der Waals surface area contributed by atoms with Crippen molar-refractivity contribution in [3.05, 3.63) is 113 Å². The molecule has 7 heteroatoms. The molecule has 7 nitrogen and oxygen atoms in total. The SMILES string of the molecule is CC1=C(C(=O)Nc2ccccc2C)C(c2cccc(OCc3ccccc3C)c2)n2ncnc2N1. The van der Waals surface area contributed by atoms with Crippen LogP contribution >= 0.6 is 0 Å². The Morgan fingerprint density at radius 1 is 1.00 bits per heavy atom. The van der Waals surface area contributed by atoms with Crippen molar-refractivity contribution in [1.29, 1.82) is 0 Å². The summed E-state index contributed by atoms with van der Waals surface area (Å²) in [5, 5.41) is 10.7. The Morgan fingerprint density at radius 2 is 1.77 bits per heavy atom. The molecule has 0 radical (unpaired) electrons. The maximum atomic E-state index is 13.6. The highest BCUT2D eigenvalue weighted by Gasteiger charge is 2.33. The first kappa shape index (κ1) is 22.4. The van der Waals surface area contributed by atoms with Crippen molar-refractivity contribution in [3.63, 3.8) is 0 Å². The molecule has 1 amide bonds. The predicted octanol–water partition coefficient (Wildman–Crippen LogP) is 5.40. The van der Waals surface area contributed by atoms with Gasteiger partial charge >= 0.3 is 0 Å². The minimum absolute atomic E-state index is 0.193. The van der Waals surface area contributed by atoms with E-state index >= 15 is 0 Å². The highest BCUT2D eigenvalue weighted by Crippen LogP contribution is 2.36. The molecule has 0 saturated heterocycles. The lowest BCUT2D eigenvalue weighted by atomic mass is 9.94. The van der Waals surface area contributed by atoms with E-state index in [-0.39, 0.29) is 5.91 Å². The number of fused-ring (bicyclic) bond motifs is 1. The van der Waals surface area contributed by atoms with Crippen LogP contribution in [-0.2, 0) is 11.4 Å². The van der Waals surface area contributed by atoms with E-state index in [0.29, 0.717) is 18.1 Å². The molecule has 35 heavy (non-hydrogen) atoms. The zero-order chi connectivity index (χ0) is 24.4. The van der Waals surface area contributed by atoms with Crippen molar-refractivity contribution in [1.82, 2.24) is 14.8 Å². The number of carbonyl (C=O) groups is 1. The van der Waals surface area contributed by atoms with Crippen molar-refractivity contribution < 1.29 is 9.53 Å². The van der Waals surface area contributed by atoms with E-state index in [2.05, 4.69) is 39.8 Å². The molecule has 5 rings (SSSR count). The molecule has 0 fully saturated rings. The lowest BCUT2D eigenvalue weighted by molar-refractivity contribution is -0.113. The summed E-state index contributed by atoms with van der Waals surface area (Å²) in [6.07, 6.45) is 1.49. The standard InChI is InChI=1S/C28H27N5O2/c1-18-9-4-6-11-22(18)16-35-23-13-8-12-21(15-23)26-25(20(3)31-28-29-17-30-33(26)28)27(34)32-24-14-7-5-10-19(24)2/h4-15,17,26H,16H2,1-3H3,(H,32,34)(H,29,30,31). The normalized spacial score (nSPS) is 14.8. The van der Waals surface area contributed by atoms with Gasteiger partial charge in [0.25, 0.3) is 5.91 Å². The first-order valence-electron chi connectivity index (χ1n) is 11.5. The Bertz CT molecular complexity index is 1420. The van der Waals surface area contributed by atoms with Crippen LogP contribution in [0.3, 0.4) is 0 Å². The van der Waals surface area contributed by atoms with Gasteiger partial charge in [-0.15, -0.1) is 0 Å². The average Bonchev–Trinajstić information content (AvgIpc) is 3.32. The third-order valence-electron chi connectivity index (χ3n) is 6.26. The lowest BCUT2D eigenvalue weighted by Crippen LogP contribution is -2.31. The minimum Gasteiger partial charge on any atom is -0.489 e. The van der Waals surface area contributed by atoms with Gasteiger partial charge in [-0.05, 0) is 61.2 Å². The Morgan fingerprint density at radius 3 is 2.57 bits per heavy atom. The number of nitrogens with zero attached hydrogens (tertiary/aromatic N) is 3. The number of rotatable bonds is 6. The molecule has 1 aliphatic heterocycles. The molecule has 1 aromatic heterocycles. The third kappa shape index (κ3) is 4.53. The minimum atomic E-state index is -0.459. The Labute approximate surface area is 204 Å². The first-order chi connectivity index (χ1) is 17.0. The van der Waals surface area contributed by atoms with Gasteiger partial charge in [-0.2, -0.15) is 10.1 Å². The molecular weight excluding hydrogens is 438 g/mol. The molecule has 2 N–H and O–H groups in total. The molecule has 0 spiro atoms. The van der Waals surface area contributed by atoms with Crippen LogP contribution in [0, 0.1) is 13.8 Å². The summed E-state index contributed by atoms with van der Waals surface area (Å²) in [7, 11) is 0. The monoisotopic (exact) mass is 465 g/mol. The molecule has 3 aromatic carbocycles. The number of ether oxygens (including phenoxy) is 1. The summed E-state index contributed by atoms with van der Waals surface area (Å²) in [6.45, 7) is 6.39. The summed E-state index contributed by atoms with van der Waals surface area (Å²) in [5.74, 6) is 1.12. The Hall–Kier alpha value is -4.39. The molecule has 1 aliphatic rings. The van der Waals surface area contributed by atoms with Crippen LogP contribution in [0.15, 0.2) is 90.4 Å². The maximum Gasteiger partial charge on any atom is 0.255 e. The summed E-state index contributed by atoms with van der Waals surface area (Å²) in [6, 6.07) is 23.2. The van der Waals surface area contributed by atoms with E-state index in [1.807, 2.05) is 74.5 Å². The molecule has 1 atom stereocenters. The molecule has 2 heterocycles. The fraction of sp³-hybridized carbons (Fsp3) is 0.179. The van der Waals surface area contributed by atoms with Gasteiger partial charge in [-0.3, -0.25) is 4.79 Å². The van der Waals surface area contributed by atoms with Crippen molar-refractivity contribution >= 4 is 17.5 Å². The number of amides is 1. The second kappa shape index (κ2) is 9.46. The number of anilines is 2. The lowest BCUT2D eigenvalue weighted by Gasteiger charge is -2.29. The van der Waals surface area contributed by atoms with Crippen LogP contribution in [-0.4, -0.2) is 20.7 Å². The van der Waals surface area contributed by atoms with Crippen LogP contribution in [0.1, 0.15) is 35.2 Å². The van der Waals surface area contributed by atoms with Gasteiger partial charge in [-0.1, -0.05) is 54.6 Å². The summed E-state index contributed by atoms with van der Waals surface area (Å²) in [4.78, 5) is 17.9. The average molecular weight is 466 g/mol. The smallest absolute Gasteiger partial charge is 0.255 e. The molecule has 1 unspecified atom stereocenters. The largest absolute Gasteiger partial charge is 0.489 e. The van der Waals surface area contributed by atoms with E-state index in [1.165, 1.54) is 11.9 Å². The maximum absolute atomic E-state index is 13.6. The second-order valence-corrected chi connectivity index (χ2v) is 8.65. The number of aryl methyl sites for hydroxylation is 2. The van der Waals surface area contributed by atoms with Gasteiger partial charge in [0.05, 0.1) is 5.57 Å². The summed E-state index contributed by atoms with van der Waals surface area (Å²) >= 11 is 0. The van der Waals surface area contributed by atoms with Crippen LogP contribution in [0.2, 0.25) is 0 Å². The number of hydrogen-bond donors (Lipinski definition) is 2. The van der Waals surface area contributed by atoms with Crippen molar-refractivity contribution in [2.75, 3.05) is 10.6 Å². The first-order valence-corrected chi connectivity index (χ1v) is 11.5. The molecule has 0 aliphatic carbocycles. The van der Waals surface area contributed by atoms with Gasteiger partial charge in [-0.25, -0.2) is 4.68 Å². The van der Waals surface area contributed by atoms with E-state index in [0.717, 1.165) is 33.8 Å². The van der Waals surface area contributed by atoms with Crippen LogP contribution < -0.4 is 15.4 Å². The number of para-hydroxylation sites is 1. The highest BCUT2D eigenvalue weighted by atomic mass is 16.5. The number of carbonyl (C=O) groups excluding carboxylic acids is 1. The fourth-order valence-electron chi connectivity index (χ4n) is 4.30. The molecule has 176 valence electrons. The predicted molar refractivity (Wildman–Crippen MR) is 136 cm³/mol. The summed E-state index contributed by atoms with van der Waals surface area (Å²) < 4.78 is 7.87. The van der Waals surface area contributed by atoms with Crippen molar-refractivity contribution in [3.8, 4) is 5.75 Å². The van der Waals surface area contributed by atoms with E-state index in [4.69, 9.17) is 4.74 Å². The van der Waals surface area contributed by atoms with E-state index < -0.39 is 6.04 Å². The quantitative estimate of drug-likeness (QED) is 0.398. The summed E-state index contributed by atoms with van der Waals surface area (Å²) in [5.41, 5.74) is 6.27. The van der Waals surface area contributed by atoms with Crippen molar-refractivity contribution in [2.45, 2.75) is 33.4 Å². The highest BCUT2D eigenvalue weighted by molar-refractivity contribution is 6.06. The van der Waals surface area contributed by atoms with E-state index in [1.54, 1.807) is 4.68 Å². The van der Waals surface area contributed by atoms with Gasteiger partial charge in [0, 0.05) is 11.4 Å². The van der Waals surface area contributed by atoms with Gasteiger partial charge in [0.1, 0.15) is 24.7 Å². The number of nitrogens with one attached hydrogen (secondary N) is 2. The van der Waals surface area contributed by atoms with Gasteiger partial charge in [0.15, 0.2) is 0 Å². The van der Waals surface area contributed by atoms with Crippen LogP contribution in [0.4, 0.5) is 11.6 Å². The zero-order valence-corrected chi connectivity index (χ0v) is 19.9. The molecular formula is C28H27N5O2. The Balaban J connectivity index is 1.48. The number of benzene rings is 3. The number of allylic oxidation sites excluding steroid dienone is 1. The third-order valence-corrected chi connectivity index (χ3v) is 6.26. The fourth-order valence-corrected chi connectivity index (χ4v) is 4.30. The van der Waals surface area contributed by atoms with Gasteiger partial charge in [0.2, 0.25) is 5.95 Å². The van der Waals surface area contributed by atoms with Crippen LogP contribution in [0.25, 0.3) is 0 Å². The topological polar surface area (TPSA) is 81.1 Å². The number of hydrogen-bond acceptors (Lipinski definition) is 5. The number of aromatic nitrogens is 3. The molecule has 4 aromatic rings. The zero-order valence-electron chi connectivity index (χ0n) is 19.9. The van der Waals surface area contributed by atoms with Crippen LogP contribution in [0.5, 0.6) is 5.75 Å². The molecule has 0 saturated carbocycles. The van der Waals surface area contributed by atoms with E-state index in [9.17, 15) is 4.79 Å².